The van der Waals surface area contributed by atoms with Crippen LogP contribution < -0.4 is 0 Å². The van der Waals surface area contributed by atoms with Gasteiger partial charge in [0, 0.05) is 13.2 Å². The lowest BCUT2D eigenvalue weighted by Gasteiger charge is -2.25. The van der Waals surface area contributed by atoms with Crippen LogP contribution in [0.3, 0.4) is 0 Å². The van der Waals surface area contributed by atoms with E-state index in [0.29, 0.717) is 12.8 Å². The molecular weight excluding hydrogens is 366 g/mol. The highest BCUT2D eigenvalue weighted by Crippen LogP contribution is 2.43. The van der Waals surface area contributed by atoms with Crippen LogP contribution >= 0.6 is 15.6 Å². The molecule has 0 heterocycles. The number of rotatable bonds is 13. The standard InChI is InChI=1S/C12H28O10P2/c1-11(2,21-23(13,14)15)5-7-19-9-10-20-8-6-12(3,4)22-24(16,17)18/h5-10H2,1-4H3,(H2,13,14,15)(H2,16,17,18). The van der Waals surface area contributed by atoms with E-state index >= 15 is 0 Å². The molecular formula is C12H28O10P2. The molecule has 12 heteroatoms. The maximum atomic E-state index is 10.8. The van der Waals surface area contributed by atoms with E-state index in [1.54, 1.807) is 27.7 Å². The van der Waals surface area contributed by atoms with E-state index in [9.17, 15) is 9.13 Å². The van der Waals surface area contributed by atoms with Gasteiger partial charge < -0.3 is 29.0 Å². The van der Waals surface area contributed by atoms with E-state index in [1.165, 1.54) is 0 Å². The van der Waals surface area contributed by atoms with Crippen LogP contribution in [0.15, 0.2) is 0 Å². The summed E-state index contributed by atoms with van der Waals surface area (Å²) in [4.78, 5) is 35.0. The van der Waals surface area contributed by atoms with Crippen molar-refractivity contribution in [3.8, 4) is 0 Å². The van der Waals surface area contributed by atoms with E-state index in [1.807, 2.05) is 0 Å². The quantitative estimate of drug-likeness (QED) is 0.267. The molecule has 0 radical (unpaired) electrons. The first-order valence-corrected chi connectivity index (χ1v) is 10.4. The van der Waals surface area contributed by atoms with Crippen LogP contribution in [0.1, 0.15) is 40.5 Å². The topological polar surface area (TPSA) is 152 Å². The van der Waals surface area contributed by atoms with Gasteiger partial charge in [-0.05, 0) is 40.5 Å². The average Bonchev–Trinajstić information content (AvgIpc) is 2.25. The van der Waals surface area contributed by atoms with Gasteiger partial charge in [0.1, 0.15) is 0 Å². The molecule has 0 aromatic rings. The summed E-state index contributed by atoms with van der Waals surface area (Å²) in [6, 6.07) is 0. The first kappa shape index (κ1) is 24.1. The number of phosphoric ester groups is 2. The maximum Gasteiger partial charge on any atom is 0.470 e. The third-order valence-corrected chi connectivity index (χ3v) is 4.27. The number of phosphoric acid groups is 2. The summed E-state index contributed by atoms with van der Waals surface area (Å²) >= 11 is 0. The summed E-state index contributed by atoms with van der Waals surface area (Å²) in [7, 11) is -9.07. The Morgan fingerprint density at radius 3 is 1.21 bits per heavy atom. The molecule has 24 heavy (non-hydrogen) atoms. The lowest BCUT2D eigenvalue weighted by atomic mass is 10.1. The van der Waals surface area contributed by atoms with Crippen molar-refractivity contribution >= 4 is 15.6 Å². The van der Waals surface area contributed by atoms with E-state index in [2.05, 4.69) is 9.05 Å². The van der Waals surface area contributed by atoms with Crippen molar-refractivity contribution in [3.05, 3.63) is 0 Å². The van der Waals surface area contributed by atoms with Gasteiger partial charge in [-0.3, -0.25) is 9.05 Å². The van der Waals surface area contributed by atoms with Crippen LogP contribution in [0.4, 0.5) is 0 Å². The average molecular weight is 394 g/mol. The van der Waals surface area contributed by atoms with Gasteiger partial charge in [-0.15, -0.1) is 0 Å². The molecule has 10 nitrogen and oxygen atoms in total. The second kappa shape index (κ2) is 9.73. The predicted octanol–water partition coefficient (Wildman–Crippen LogP) is 1.58. The van der Waals surface area contributed by atoms with Crippen molar-refractivity contribution < 1.29 is 47.2 Å². The molecule has 0 aromatic heterocycles. The molecule has 0 aliphatic rings. The van der Waals surface area contributed by atoms with E-state index < -0.39 is 26.8 Å². The summed E-state index contributed by atoms with van der Waals surface area (Å²) in [5.41, 5.74) is -2.02. The molecule has 0 unspecified atom stereocenters. The SMILES string of the molecule is CC(C)(CCOCCOCCC(C)(C)OP(=O)(O)O)OP(=O)(O)O. The summed E-state index contributed by atoms with van der Waals surface area (Å²) in [6.45, 7) is 7.22. The Bertz CT molecular complexity index is 411. The fourth-order valence-corrected chi connectivity index (χ4v) is 3.16. The Labute approximate surface area is 141 Å². The van der Waals surface area contributed by atoms with Crippen molar-refractivity contribution in [1.82, 2.24) is 0 Å². The highest BCUT2D eigenvalue weighted by Gasteiger charge is 2.29. The molecule has 0 rings (SSSR count). The van der Waals surface area contributed by atoms with Crippen LogP contribution in [0, 0.1) is 0 Å². The van der Waals surface area contributed by atoms with Gasteiger partial charge >= 0.3 is 15.6 Å². The zero-order chi connectivity index (χ0) is 19.1. The molecule has 4 N–H and O–H groups in total. The monoisotopic (exact) mass is 394 g/mol. The first-order chi connectivity index (χ1) is 10.6. The maximum absolute atomic E-state index is 10.8. The molecule has 0 amide bonds. The van der Waals surface area contributed by atoms with Crippen molar-refractivity contribution in [2.45, 2.75) is 51.7 Å². The smallest absolute Gasteiger partial charge is 0.379 e. The van der Waals surface area contributed by atoms with Crippen LogP contribution in [0.25, 0.3) is 0 Å². The predicted molar refractivity (Wildman–Crippen MR) is 85.3 cm³/mol. The molecule has 0 spiro atoms. The second-order valence-electron chi connectivity index (χ2n) is 6.41. The minimum atomic E-state index is -4.54. The summed E-state index contributed by atoms with van der Waals surface area (Å²) in [6.07, 6.45) is 0.586. The van der Waals surface area contributed by atoms with Gasteiger partial charge in [-0.1, -0.05) is 0 Å². The fraction of sp³-hybridized carbons (Fsp3) is 1.00. The van der Waals surface area contributed by atoms with E-state index in [0.717, 1.165) is 0 Å². The molecule has 0 bridgehead atoms. The molecule has 0 saturated carbocycles. The van der Waals surface area contributed by atoms with Crippen LogP contribution in [0.5, 0.6) is 0 Å². The zero-order valence-electron chi connectivity index (χ0n) is 14.4. The third kappa shape index (κ3) is 15.7. The van der Waals surface area contributed by atoms with Crippen LogP contribution in [-0.2, 0) is 27.7 Å². The normalized spacial score (nSPS) is 14.2. The van der Waals surface area contributed by atoms with Crippen LogP contribution in [-0.4, -0.2) is 57.2 Å². The Hall–Kier alpha value is 0.140. The van der Waals surface area contributed by atoms with Crippen molar-refractivity contribution in [2.24, 2.45) is 0 Å². The van der Waals surface area contributed by atoms with Crippen molar-refractivity contribution in [1.29, 1.82) is 0 Å². The van der Waals surface area contributed by atoms with Gasteiger partial charge in [0.25, 0.3) is 0 Å². The molecule has 0 aliphatic carbocycles. The summed E-state index contributed by atoms with van der Waals surface area (Å²) in [5, 5.41) is 0. The molecule has 0 aliphatic heterocycles. The Balaban J connectivity index is 3.75. The Kier molecular flexibility index (Phi) is 9.79. The van der Waals surface area contributed by atoms with Crippen LogP contribution in [0.2, 0.25) is 0 Å². The van der Waals surface area contributed by atoms with E-state index in [4.69, 9.17) is 29.0 Å². The van der Waals surface area contributed by atoms with Gasteiger partial charge in [-0.2, -0.15) is 0 Å². The summed E-state index contributed by atoms with van der Waals surface area (Å²) < 4.78 is 41.4. The molecule has 0 saturated heterocycles. The highest BCUT2D eigenvalue weighted by atomic mass is 31.2. The van der Waals surface area contributed by atoms with E-state index in [-0.39, 0.29) is 26.4 Å². The lowest BCUT2D eigenvalue weighted by molar-refractivity contribution is -0.00793. The molecule has 0 fully saturated rings. The first-order valence-electron chi connectivity index (χ1n) is 7.30. The van der Waals surface area contributed by atoms with Gasteiger partial charge in [0.05, 0.1) is 24.4 Å². The number of hydrogen-bond acceptors (Lipinski definition) is 6. The molecule has 146 valence electrons. The minimum Gasteiger partial charge on any atom is -0.379 e. The summed E-state index contributed by atoms with van der Waals surface area (Å²) in [5.74, 6) is 0. The fourth-order valence-electron chi connectivity index (χ4n) is 1.69. The largest absolute Gasteiger partial charge is 0.470 e. The minimum absolute atomic E-state index is 0.239. The van der Waals surface area contributed by atoms with Gasteiger partial charge in [0.2, 0.25) is 0 Å². The Morgan fingerprint density at radius 2 is 0.958 bits per heavy atom. The second-order valence-corrected chi connectivity index (χ2v) is 8.74. The highest BCUT2D eigenvalue weighted by molar-refractivity contribution is 7.46. The molecule has 0 aromatic carbocycles. The third-order valence-electron chi connectivity index (χ3n) is 2.80. The van der Waals surface area contributed by atoms with Gasteiger partial charge in [-0.25, -0.2) is 9.13 Å². The van der Waals surface area contributed by atoms with Crippen molar-refractivity contribution in [3.63, 3.8) is 0 Å². The lowest BCUT2D eigenvalue weighted by Crippen LogP contribution is -2.26. The number of ether oxygens (including phenoxy) is 2. The molecule has 0 atom stereocenters. The Morgan fingerprint density at radius 1 is 0.667 bits per heavy atom. The number of hydrogen-bond donors (Lipinski definition) is 4. The van der Waals surface area contributed by atoms with Crippen molar-refractivity contribution in [2.75, 3.05) is 26.4 Å². The zero-order valence-corrected chi connectivity index (χ0v) is 16.2. The van der Waals surface area contributed by atoms with Gasteiger partial charge in [0.15, 0.2) is 0 Å².